The highest BCUT2D eigenvalue weighted by atomic mass is 16.5. The second kappa shape index (κ2) is 7.06. The predicted octanol–water partition coefficient (Wildman–Crippen LogP) is 3.54. The van der Waals surface area contributed by atoms with E-state index in [2.05, 4.69) is 4.98 Å². The Balaban J connectivity index is 2.03. The van der Waals surface area contributed by atoms with Crippen molar-refractivity contribution in [2.75, 3.05) is 0 Å². The molecular formula is C17H21NO2. The third-order valence-electron chi connectivity index (χ3n) is 3.04. The van der Waals surface area contributed by atoms with E-state index in [-0.39, 0.29) is 6.10 Å². The highest BCUT2D eigenvalue weighted by molar-refractivity contribution is 5.35. The van der Waals surface area contributed by atoms with Gasteiger partial charge in [0.05, 0.1) is 12.2 Å². The van der Waals surface area contributed by atoms with Crippen LogP contribution >= 0.6 is 0 Å². The van der Waals surface area contributed by atoms with Crippen LogP contribution in [0.25, 0.3) is 0 Å². The number of hydrogen-bond acceptors (Lipinski definition) is 3. The fourth-order valence-electron chi connectivity index (χ4n) is 2.10. The minimum absolute atomic E-state index is 0.0964. The van der Waals surface area contributed by atoms with E-state index in [1.54, 1.807) is 6.20 Å². The van der Waals surface area contributed by atoms with Crippen LogP contribution in [0.2, 0.25) is 0 Å². The molecule has 0 spiro atoms. The maximum absolute atomic E-state index is 10.4. The molecule has 106 valence electrons. The number of hydrogen-bond donors (Lipinski definition) is 1. The van der Waals surface area contributed by atoms with Crippen LogP contribution in [0.15, 0.2) is 48.7 Å². The molecular weight excluding hydrogens is 250 g/mol. The van der Waals surface area contributed by atoms with Crippen LogP contribution in [0, 0.1) is 0 Å². The van der Waals surface area contributed by atoms with E-state index in [0.29, 0.717) is 6.42 Å². The van der Waals surface area contributed by atoms with Crippen LogP contribution in [0.1, 0.15) is 37.6 Å². The number of ether oxygens (including phenoxy) is 1. The third kappa shape index (κ3) is 4.07. The van der Waals surface area contributed by atoms with E-state index in [0.717, 1.165) is 23.4 Å². The number of benzene rings is 1. The average molecular weight is 271 g/mol. The topological polar surface area (TPSA) is 42.4 Å². The van der Waals surface area contributed by atoms with Crippen LogP contribution in [0.4, 0.5) is 0 Å². The van der Waals surface area contributed by atoms with Crippen molar-refractivity contribution in [1.82, 2.24) is 4.98 Å². The van der Waals surface area contributed by atoms with Crippen LogP contribution < -0.4 is 4.74 Å². The molecule has 1 unspecified atom stereocenters. The first kappa shape index (κ1) is 14.5. The summed E-state index contributed by atoms with van der Waals surface area (Å²) in [6.45, 7) is 3.97. The van der Waals surface area contributed by atoms with Crippen LogP contribution in [-0.4, -0.2) is 16.2 Å². The van der Waals surface area contributed by atoms with Gasteiger partial charge >= 0.3 is 0 Å². The highest BCUT2D eigenvalue weighted by Gasteiger charge is 2.14. The number of para-hydroxylation sites is 1. The molecule has 1 N–H and O–H groups in total. The molecule has 0 radical (unpaired) electrons. The normalized spacial score (nSPS) is 12.4. The van der Waals surface area contributed by atoms with Crippen molar-refractivity contribution in [1.29, 1.82) is 0 Å². The minimum Gasteiger partial charge on any atom is -0.491 e. The van der Waals surface area contributed by atoms with Gasteiger partial charge in [0.25, 0.3) is 0 Å². The Hall–Kier alpha value is -1.87. The molecule has 0 aliphatic heterocycles. The first-order valence-corrected chi connectivity index (χ1v) is 7.00. The number of aliphatic hydroxyl groups excluding tert-OH is 1. The third-order valence-corrected chi connectivity index (χ3v) is 3.04. The molecule has 0 fully saturated rings. The summed E-state index contributed by atoms with van der Waals surface area (Å²) in [4.78, 5) is 4.27. The summed E-state index contributed by atoms with van der Waals surface area (Å²) in [7, 11) is 0. The molecule has 0 amide bonds. The fourth-order valence-corrected chi connectivity index (χ4v) is 2.10. The molecule has 3 nitrogen and oxygen atoms in total. The lowest BCUT2D eigenvalue weighted by Crippen LogP contribution is -2.09. The van der Waals surface area contributed by atoms with Crippen molar-refractivity contribution in [2.45, 2.75) is 38.9 Å². The van der Waals surface area contributed by atoms with Gasteiger partial charge in [0.15, 0.2) is 0 Å². The van der Waals surface area contributed by atoms with Gasteiger partial charge < -0.3 is 9.84 Å². The standard InChI is InChI=1S/C17H21NO2/c1-13(2)20-17-9-4-3-8-15(17)16(19)11-10-14-7-5-6-12-18-14/h3-9,12-13,16,19H,10-11H2,1-2H3. The number of aliphatic hydroxyl groups is 1. The summed E-state index contributed by atoms with van der Waals surface area (Å²) in [5, 5.41) is 10.4. The van der Waals surface area contributed by atoms with Gasteiger partial charge in [-0.05, 0) is 44.9 Å². The lowest BCUT2D eigenvalue weighted by molar-refractivity contribution is 0.156. The van der Waals surface area contributed by atoms with Crippen molar-refractivity contribution < 1.29 is 9.84 Å². The summed E-state index contributed by atoms with van der Waals surface area (Å²) >= 11 is 0. The maximum atomic E-state index is 10.4. The summed E-state index contributed by atoms with van der Waals surface area (Å²) in [6, 6.07) is 13.5. The number of pyridine rings is 1. The minimum atomic E-state index is -0.535. The van der Waals surface area contributed by atoms with Gasteiger partial charge in [0, 0.05) is 17.5 Å². The Morgan fingerprint density at radius 2 is 1.85 bits per heavy atom. The number of rotatable bonds is 6. The van der Waals surface area contributed by atoms with Gasteiger partial charge in [0.1, 0.15) is 5.75 Å². The molecule has 0 saturated carbocycles. The van der Waals surface area contributed by atoms with E-state index in [1.807, 2.05) is 56.3 Å². The Morgan fingerprint density at radius 3 is 2.55 bits per heavy atom. The zero-order chi connectivity index (χ0) is 14.4. The van der Waals surface area contributed by atoms with Crippen LogP contribution in [-0.2, 0) is 6.42 Å². The Morgan fingerprint density at radius 1 is 1.10 bits per heavy atom. The first-order valence-electron chi connectivity index (χ1n) is 7.00. The smallest absolute Gasteiger partial charge is 0.125 e. The lowest BCUT2D eigenvalue weighted by Gasteiger charge is -2.18. The van der Waals surface area contributed by atoms with Crippen molar-refractivity contribution in [3.63, 3.8) is 0 Å². The molecule has 3 heteroatoms. The van der Waals surface area contributed by atoms with E-state index >= 15 is 0 Å². The van der Waals surface area contributed by atoms with E-state index < -0.39 is 6.10 Å². The summed E-state index contributed by atoms with van der Waals surface area (Å²) in [6.07, 6.45) is 2.72. The molecule has 0 aliphatic carbocycles. The van der Waals surface area contributed by atoms with Gasteiger partial charge in [0.2, 0.25) is 0 Å². The van der Waals surface area contributed by atoms with Gasteiger partial charge in [-0.25, -0.2) is 0 Å². The zero-order valence-electron chi connectivity index (χ0n) is 12.0. The second-order valence-corrected chi connectivity index (χ2v) is 5.08. The van der Waals surface area contributed by atoms with Crippen LogP contribution in [0.5, 0.6) is 5.75 Å². The molecule has 0 saturated heterocycles. The first-order chi connectivity index (χ1) is 9.66. The second-order valence-electron chi connectivity index (χ2n) is 5.08. The monoisotopic (exact) mass is 271 g/mol. The van der Waals surface area contributed by atoms with Crippen molar-refractivity contribution in [2.24, 2.45) is 0 Å². The van der Waals surface area contributed by atoms with Crippen molar-refractivity contribution in [3.05, 3.63) is 59.9 Å². The summed E-state index contributed by atoms with van der Waals surface area (Å²) in [5.74, 6) is 0.760. The SMILES string of the molecule is CC(C)Oc1ccccc1C(O)CCc1ccccn1. The van der Waals surface area contributed by atoms with Gasteiger partial charge in [-0.3, -0.25) is 4.98 Å². The van der Waals surface area contributed by atoms with Crippen molar-refractivity contribution in [3.8, 4) is 5.75 Å². The van der Waals surface area contributed by atoms with E-state index in [1.165, 1.54) is 0 Å². The summed E-state index contributed by atoms with van der Waals surface area (Å²) in [5.41, 5.74) is 1.84. The van der Waals surface area contributed by atoms with E-state index in [4.69, 9.17) is 4.74 Å². The molecule has 0 bridgehead atoms. The Labute approximate surface area is 120 Å². The zero-order valence-corrected chi connectivity index (χ0v) is 12.0. The molecule has 0 aliphatic rings. The van der Waals surface area contributed by atoms with E-state index in [9.17, 15) is 5.11 Å². The molecule has 2 rings (SSSR count). The lowest BCUT2D eigenvalue weighted by atomic mass is 10.0. The molecule has 1 heterocycles. The summed E-state index contributed by atoms with van der Waals surface area (Å²) < 4.78 is 5.74. The number of aryl methyl sites for hydroxylation is 1. The number of aromatic nitrogens is 1. The quantitative estimate of drug-likeness (QED) is 0.874. The molecule has 1 aromatic carbocycles. The molecule has 1 atom stereocenters. The predicted molar refractivity (Wildman–Crippen MR) is 79.7 cm³/mol. The van der Waals surface area contributed by atoms with Gasteiger partial charge in [-0.2, -0.15) is 0 Å². The Bertz CT molecular complexity index is 526. The molecule has 1 aromatic heterocycles. The molecule has 20 heavy (non-hydrogen) atoms. The van der Waals surface area contributed by atoms with Gasteiger partial charge in [-0.15, -0.1) is 0 Å². The maximum Gasteiger partial charge on any atom is 0.125 e. The molecule has 2 aromatic rings. The largest absolute Gasteiger partial charge is 0.491 e. The van der Waals surface area contributed by atoms with Crippen LogP contribution in [0.3, 0.4) is 0 Å². The highest BCUT2D eigenvalue weighted by Crippen LogP contribution is 2.28. The number of nitrogens with zero attached hydrogens (tertiary/aromatic N) is 1. The average Bonchev–Trinajstić information content (AvgIpc) is 2.46. The van der Waals surface area contributed by atoms with Gasteiger partial charge in [-0.1, -0.05) is 24.3 Å². The fraction of sp³-hybridized carbons (Fsp3) is 0.353. The Kier molecular flexibility index (Phi) is 5.13. The van der Waals surface area contributed by atoms with Crippen molar-refractivity contribution >= 4 is 0 Å².